The van der Waals surface area contributed by atoms with E-state index in [0.717, 1.165) is 11.1 Å². The smallest absolute Gasteiger partial charge is 0.316 e. The van der Waals surface area contributed by atoms with Gasteiger partial charge in [-0.05, 0) is 42.3 Å². The van der Waals surface area contributed by atoms with Crippen LogP contribution >= 0.6 is 23.2 Å². The fraction of sp³-hybridized carbons (Fsp3) is 0.200. The number of aryl methyl sites for hydroxylation is 1. The van der Waals surface area contributed by atoms with Gasteiger partial charge in [-0.2, -0.15) is 4.98 Å². The average Bonchev–Trinajstić information content (AvgIpc) is 2.69. The molecule has 0 aliphatic rings. The number of halogens is 3. The van der Waals surface area contributed by atoms with Crippen molar-refractivity contribution in [1.82, 2.24) is 9.55 Å². The van der Waals surface area contributed by atoms with Gasteiger partial charge in [-0.1, -0.05) is 29.3 Å². The third-order valence-corrected chi connectivity index (χ3v) is 4.85. The van der Waals surface area contributed by atoms with Crippen LogP contribution in [0.15, 0.2) is 41.3 Å². The van der Waals surface area contributed by atoms with Gasteiger partial charge in [0.1, 0.15) is 11.6 Å². The van der Waals surface area contributed by atoms with Gasteiger partial charge in [0.05, 0.1) is 37.0 Å². The Balaban J connectivity index is 2.04. The number of nitrogens with zero attached hydrogens (tertiary/aromatic N) is 2. The van der Waals surface area contributed by atoms with E-state index < -0.39 is 11.4 Å². The molecule has 0 saturated carbocycles. The third kappa shape index (κ3) is 4.63. The van der Waals surface area contributed by atoms with E-state index in [1.807, 2.05) is 6.92 Å². The summed E-state index contributed by atoms with van der Waals surface area (Å²) in [7, 11) is 2.92. The molecular formula is C20H18Cl2FN3O3. The molecule has 3 aromatic rings. The number of ether oxygens (including phenoxy) is 2. The molecule has 0 atom stereocenters. The summed E-state index contributed by atoms with van der Waals surface area (Å²) in [6, 6.07) is 7.86. The maximum atomic E-state index is 13.5. The number of aromatic nitrogens is 2. The first-order valence-corrected chi connectivity index (χ1v) is 9.28. The molecule has 0 unspecified atom stereocenters. The van der Waals surface area contributed by atoms with Crippen LogP contribution in [0, 0.1) is 12.7 Å². The predicted octanol–water partition coefficient (Wildman–Crippen LogP) is 4.81. The Hall–Kier alpha value is -2.77. The molecule has 3 rings (SSSR count). The number of methoxy groups -OCH3 is 2. The summed E-state index contributed by atoms with van der Waals surface area (Å²) in [5.41, 5.74) is 1.68. The van der Waals surface area contributed by atoms with Crippen molar-refractivity contribution in [2.75, 3.05) is 19.5 Å². The molecule has 2 aromatic carbocycles. The first kappa shape index (κ1) is 21.0. The molecule has 0 radical (unpaired) electrons. The van der Waals surface area contributed by atoms with E-state index in [1.54, 1.807) is 22.8 Å². The standard InChI is InChI=1S/C20H18Cl2FN3O3/c1-11-6-17(28-2)14(22)8-16(11)24-20-25-19(27)18(29-3)10-26(20)9-12-4-5-15(23)13(21)7-12/h4-8,10H,9H2,1-3H3,(H,24,25,27). The van der Waals surface area contributed by atoms with Gasteiger partial charge in [-0.3, -0.25) is 4.79 Å². The van der Waals surface area contributed by atoms with Crippen LogP contribution in [0.1, 0.15) is 11.1 Å². The summed E-state index contributed by atoms with van der Waals surface area (Å²) < 4.78 is 25.5. The molecule has 1 heterocycles. The monoisotopic (exact) mass is 437 g/mol. The Morgan fingerprint density at radius 3 is 2.48 bits per heavy atom. The van der Waals surface area contributed by atoms with E-state index in [9.17, 15) is 9.18 Å². The molecular weight excluding hydrogens is 420 g/mol. The third-order valence-electron chi connectivity index (χ3n) is 4.27. The average molecular weight is 438 g/mol. The number of rotatable bonds is 6. The van der Waals surface area contributed by atoms with E-state index in [0.29, 0.717) is 16.5 Å². The Labute approximate surface area is 176 Å². The first-order valence-electron chi connectivity index (χ1n) is 8.53. The molecule has 0 fully saturated rings. The fourth-order valence-corrected chi connectivity index (χ4v) is 3.18. The second-order valence-electron chi connectivity index (χ2n) is 6.24. The highest BCUT2D eigenvalue weighted by Crippen LogP contribution is 2.32. The quantitative estimate of drug-likeness (QED) is 0.599. The number of hydrogen-bond acceptors (Lipinski definition) is 5. The van der Waals surface area contributed by atoms with Gasteiger partial charge in [-0.25, -0.2) is 4.39 Å². The van der Waals surface area contributed by atoms with Gasteiger partial charge in [-0.15, -0.1) is 0 Å². The van der Waals surface area contributed by atoms with Crippen molar-refractivity contribution in [3.8, 4) is 11.5 Å². The number of nitrogens with one attached hydrogen (secondary N) is 1. The fourth-order valence-electron chi connectivity index (χ4n) is 2.73. The molecule has 29 heavy (non-hydrogen) atoms. The topological polar surface area (TPSA) is 65.4 Å². The molecule has 0 aliphatic carbocycles. The molecule has 1 N–H and O–H groups in total. The number of hydrogen-bond donors (Lipinski definition) is 1. The summed E-state index contributed by atoms with van der Waals surface area (Å²) in [5, 5.41) is 3.54. The van der Waals surface area contributed by atoms with Gasteiger partial charge in [0.15, 0.2) is 0 Å². The van der Waals surface area contributed by atoms with E-state index in [1.165, 1.54) is 32.5 Å². The molecule has 0 saturated heterocycles. The molecule has 0 aliphatic heterocycles. The summed E-state index contributed by atoms with van der Waals surface area (Å²) in [5.74, 6) is 0.373. The lowest BCUT2D eigenvalue weighted by atomic mass is 10.2. The lowest BCUT2D eigenvalue weighted by Crippen LogP contribution is -2.19. The summed E-state index contributed by atoms with van der Waals surface area (Å²) in [6.07, 6.45) is 1.52. The van der Waals surface area contributed by atoms with E-state index in [4.69, 9.17) is 32.7 Å². The van der Waals surface area contributed by atoms with Crippen molar-refractivity contribution in [3.05, 3.63) is 73.9 Å². The molecule has 0 spiro atoms. The van der Waals surface area contributed by atoms with Crippen LogP contribution in [0.4, 0.5) is 16.0 Å². The normalized spacial score (nSPS) is 10.7. The highest BCUT2D eigenvalue weighted by molar-refractivity contribution is 6.32. The van der Waals surface area contributed by atoms with E-state index in [2.05, 4.69) is 10.3 Å². The zero-order valence-electron chi connectivity index (χ0n) is 15.9. The molecule has 9 heteroatoms. The minimum atomic E-state index is -0.527. The lowest BCUT2D eigenvalue weighted by Gasteiger charge is -2.17. The zero-order valence-corrected chi connectivity index (χ0v) is 17.4. The maximum absolute atomic E-state index is 13.5. The summed E-state index contributed by atoms with van der Waals surface area (Å²) in [4.78, 5) is 16.3. The summed E-state index contributed by atoms with van der Waals surface area (Å²) >= 11 is 12.1. The molecule has 152 valence electrons. The van der Waals surface area contributed by atoms with Crippen molar-refractivity contribution in [2.45, 2.75) is 13.5 Å². The van der Waals surface area contributed by atoms with Gasteiger partial charge in [0, 0.05) is 5.69 Å². The zero-order chi connectivity index (χ0) is 21.1. The molecule has 1 aromatic heterocycles. The predicted molar refractivity (Wildman–Crippen MR) is 112 cm³/mol. The van der Waals surface area contributed by atoms with Gasteiger partial charge in [0.25, 0.3) is 0 Å². The van der Waals surface area contributed by atoms with Crippen molar-refractivity contribution in [1.29, 1.82) is 0 Å². The Bertz CT molecular complexity index is 1120. The first-order chi connectivity index (χ1) is 13.8. The van der Waals surface area contributed by atoms with Gasteiger partial charge in [0.2, 0.25) is 11.7 Å². The Morgan fingerprint density at radius 2 is 1.83 bits per heavy atom. The van der Waals surface area contributed by atoms with Crippen LogP contribution in [-0.4, -0.2) is 23.8 Å². The lowest BCUT2D eigenvalue weighted by molar-refractivity contribution is 0.402. The van der Waals surface area contributed by atoms with Crippen LogP contribution in [0.2, 0.25) is 10.0 Å². The Morgan fingerprint density at radius 1 is 1.10 bits per heavy atom. The second kappa shape index (κ2) is 8.71. The number of benzene rings is 2. The SMILES string of the molecule is COc1cc(C)c(Nc2nc(=O)c(OC)cn2Cc2ccc(F)c(Cl)c2)cc1Cl. The van der Waals surface area contributed by atoms with Crippen LogP contribution in [0.5, 0.6) is 11.5 Å². The maximum Gasteiger partial charge on any atom is 0.316 e. The molecule has 0 amide bonds. The Kier molecular flexibility index (Phi) is 6.30. The van der Waals surface area contributed by atoms with Crippen molar-refractivity contribution < 1.29 is 13.9 Å². The second-order valence-corrected chi connectivity index (χ2v) is 7.06. The van der Waals surface area contributed by atoms with Crippen LogP contribution < -0.4 is 20.3 Å². The van der Waals surface area contributed by atoms with Crippen LogP contribution in [-0.2, 0) is 6.54 Å². The van der Waals surface area contributed by atoms with Gasteiger partial charge >= 0.3 is 5.56 Å². The van der Waals surface area contributed by atoms with E-state index >= 15 is 0 Å². The van der Waals surface area contributed by atoms with Gasteiger partial charge < -0.3 is 19.4 Å². The highest BCUT2D eigenvalue weighted by atomic mass is 35.5. The minimum Gasteiger partial charge on any atom is -0.495 e. The largest absolute Gasteiger partial charge is 0.495 e. The number of anilines is 2. The van der Waals surface area contributed by atoms with E-state index in [-0.39, 0.29) is 23.3 Å². The molecule has 0 bridgehead atoms. The van der Waals surface area contributed by atoms with Crippen LogP contribution in [0.3, 0.4) is 0 Å². The van der Waals surface area contributed by atoms with Crippen molar-refractivity contribution in [2.24, 2.45) is 0 Å². The molecule has 6 nitrogen and oxygen atoms in total. The minimum absolute atomic E-state index is 0.00996. The summed E-state index contributed by atoms with van der Waals surface area (Å²) in [6.45, 7) is 2.14. The van der Waals surface area contributed by atoms with Crippen molar-refractivity contribution in [3.63, 3.8) is 0 Å². The van der Waals surface area contributed by atoms with Crippen LogP contribution in [0.25, 0.3) is 0 Å². The highest BCUT2D eigenvalue weighted by Gasteiger charge is 2.13. The van der Waals surface area contributed by atoms with Crippen molar-refractivity contribution >= 4 is 34.8 Å².